The number of hydrogen-bond acceptors (Lipinski definition) is 7. The van der Waals surface area contributed by atoms with Crippen LogP contribution in [0.3, 0.4) is 0 Å². The average Bonchev–Trinajstić information content (AvgIpc) is 3.22. The van der Waals surface area contributed by atoms with E-state index in [0.717, 1.165) is 17.7 Å². The molecule has 1 saturated heterocycles. The maximum absolute atomic E-state index is 12.8. The summed E-state index contributed by atoms with van der Waals surface area (Å²) in [4.78, 5) is 40.2. The first-order valence-electron chi connectivity index (χ1n) is 10.9. The van der Waals surface area contributed by atoms with Gasteiger partial charge in [-0.15, -0.1) is 11.3 Å². The highest BCUT2D eigenvalue weighted by Crippen LogP contribution is 2.31. The van der Waals surface area contributed by atoms with Gasteiger partial charge in [0, 0.05) is 36.3 Å². The Labute approximate surface area is 192 Å². The monoisotopic (exact) mass is 464 g/mol. The van der Waals surface area contributed by atoms with E-state index < -0.39 is 23.7 Å². The number of carbonyl (C=O) groups excluding carboxylic acids is 3. The van der Waals surface area contributed by atoms with Gasteiger partial charge in [0.2, 0.25) is 0 Å². The minimum absolute atomic E-state index is 0.0288. The fraction of sp³-hybridized carbons (Fsp3) is 0.591. The Hall–Kier alpha value is -2.59. The summed E-state index contributed by atoms with van der Waals surface area (Å²) in [6.07, 6.45) is 1.09. The van der Waals surface area contributed by atoms with Crippen LogP contribution in [0.1, 0.15) is 51.5 Å². The second-order valence-electron chi connectivity index (χ2n) is 8.86. The lowest BCUT2D eigenvalue weighted by molar-refractivity contribution is -0.139. The molecule has 0 aromatic carbocycles. The van der Waals surface area contributed by atoms with Crippen LogP contribution in [0.2, 0.25) is 0 Å². The highest BCUT2D eigenvalue weighted by Gasteiger charge is 2.35. The second kappa shape index (κ2) is 10.4. The molecule has 1 fully saturated rings. The van der Waals surface area contributed by atoms with Crippen molar-refractivity contribution in [2.45, 2.75) is 58.2 Å². The number of amides is 3. The summed E-state index contributed by atoms with van der Waals surface area (Å²) in [5.74, 6) is -0.435. The molecular formula is C22H32N4O5S. The Bertz CT molecular complexity index is 854. The van der Waals surface area contributed by atoms with Gasteiger partial charge in [-0.25, -0.2) is 14.4 Å². The van der Waals surface area contributed by atoms with Crippen molar-refractivity contribution >= 4 is 29.4 Å². The van der Waals surface area contributed by atoms with E-state index in [0.29, 0.717) is 30.9 Å². The first-order valence-corrected chi connectivity index (χ1v) is 11.8. The predicted octanol–water partition coefficient (Wildman–Crippen LogP) is 2.91. The first-order chi connectivity index (χ1) is 15.2. The fourth-order valence-corrected chi connectivity index (χ4v) is 4.58. The number of thiophene rings is 1. The summed E-state index contributed by atoms with van der Waals surface area (Å²) in [7, 11) is 0. The summed E-state index contributed by atoms with van der Waals surface area (Å²) in [6, 6.07) is 2.93. The van der Waals surface area contributed by atoms with Crippen LogP contribution in [0.15, 0.2) is 28.8 Å². The molecule has 0 unspecified atom stereocenters. The number of hydrogen-bond donors (Lipinski definition) is 3. The van der Waals surface area contributed by atoms with Gasteiger partial charge in [0.15, 0.2) is 0 Å². The summed E-state index contributed by atoms with van der Waals surface area (Å²) >= 11 is 1.48. The number of urea groups is 1. The lowest BCUT2D eigenvalue weighted by Gasteiger charge is -2.35. The molecular weight excluding hydrogens is 432 g/mol. The first kappa shape index (κ1) is 24.1. The van der Waals surface area contributed by atoms with E-state index in [9.17, 15) is 14.4 Å². The highest BCUT2D eigenvalue weighted by molar-refractivity contribution is 7.10. The van der Waals surface area contributed by atoms with Gasteiger partial charge in [0.25, 0.3) is 0 Å². The summed E-state index contributed by atoms with van der Waals surface area (Å²) < 4.78 is 10.6. The molecule has 3 heterocycles. The van der Waals surface area contributed by atoms with E-state index >= 15 is 0 Å². The Morgan fingerprint density at radius 2 is 2.00 bits per heavy atom. The standard InChI is InChI=1S/C22H32N4O5S/c1-5-30-19(27)17-15(24-20(28)25-18(17)16-7-6-12-32-16)13-26-10-8-14(9-11-26)23-21(29)31-22(2,3)4/h6-7,12,14,18H,5,8-11,13H2,1-4H3,(H,23,29)(H2,24,25,28)/t18-/m1/s1. The van der Waals surface area contributed by atoms with Crippen LogP contribution >= 0.6 is 11.3 Å². The normalized spacial score (nSPS) is 20.4. The van der Waals surface area contributed by atoms with Gasteiger partial charge in [-0.1, -0.05) is 6.07 Å². The molecule has 3 rings (SSSR count). The predicted molar refractivity (Wildman–Crippen MR) is 121 cm³/mol. The second-order valence-corrected chi connectivity index (χ2v) is 9.84. The Kier molecular flexibility index (Phi) is 7.78. The average molecular weight is 465 g/mol. The summed E-state index contributed by atoms with van der Waals surface area (Å²) in [5.41, 5.74) is 0.458. The highest BCUT2D eigenvalue weighted by atomic mass is 32.1. The number of carbonyl (C=O) groups is 3. The van der Waals surface area contributed by atoms with Gasteiger partial charge in [0.1, 0.15) is 5.60 Å². The largest absolute Gasteiger partial charge is 0.463 e. The SMILES string of the molecule is CCOC(=O)C1=C(CN2CCC(NC(=O)OC(C)(C)C)CC2)NC(=O)N[C@@H]1c1cccs1. The van der Waals surface area contributed by atoms with E-state index in [1.165, 1.54) is 11.3 Å². The van der Waals surface area contributed by atoms with E-state index in [-0.39, 0.29) is 18.7 Å². The molecule has 1 aromatic rings. The molecule has 0 aliphatic carbocycles. The van der Waals surface area contributed by atoms with Crippen molar-refractivity contribution in [3.05, 3.63) is 33.7 Å². The number of piperidine rings is 1. The number of nitrogens with zero attached hydrogens (tertiary/aromatic N) is 1. The van der Waals surface area contributed by atoms with Crippen LogP contribution in [0.25, 0.3) is 0 Å². The Morgan fingerprint density at radius 3 is 2.59 bits per heavy atom. The van der Waals surface area contributed by atoms with Crippen LogP contribution in [-0.4, -0.2) is 60.9 Å². The van der Waals surface area contributed by atoms with Gasteiger partial charge >= 0.3 is 18.1 Å². The van der Waals surface area contributed by atoms with Gasteiger partial charge < -0.3 is 25.4 Å². The third kappa shape index (κ3) is 6.46. The van der Waals surface area contributed by atoms with Crippen molar-refractivity contribution in [1.29, 1.82) is 0 Å². The van der Waals surface area contributed by atoms with Crippen LogP contribution in [-0.2, 0) is 14.3 Å². The minimum Gasteiger partial charge on any atom is -0.463 e. The van der Waals surface area contributed by atoms with Crippen LogP contribution in [0.5, 0.6) is 0 Å². The smallest absolute Gasteiger partial charge is 0.407 e. The lowest BCUT2D eigenvalue weighted by Crippen LogP contribution is -2.50. The maximum atomic E-state index is 12.8. The zero-order valence-corrected chi connectivity index (χ0v) is 19.8. The molecule has 0 spiro atoms. The molecule has 2 aliphatic rings. The zero-order valence-electron chi connectivity index (χ0n) is 19.0. The van der Waals surface area contributed by atoms with Crippen molar-refractivity contribution in [1.82, 2.24) is 20.9 Å². The number of likely N-dealkylation sites (tertiary alicyclic amines) is 1. The van der Waals surface area contributed by atoms with Crippen LogP contribution in [0, 0.1) is 0 Å². The maximum Gasteiger partial charge on any atom is 0.407 e. The molecule has 1 aromatic heterocycles. The van der Waals surface area contributed by atoms with Gasteiger partial charge in [0.05, 0.1) is 18.2 Å². The van der Waals surface area contributed by atoms with E-state index in [2.05, 4.69) is 20.9 Å². The van der Waals surface area contributed by atoms with Gasteiger partial charge in [-0.05, 0) is 52.0 Å². The molecule has 3 amide bonds. The molecule has 0 bridgehead atoms. The van der Waals surface area contributed by atoms with Gasteiger partial charge in [-0.3, -0.25) is 4.90 Å². The third-order valence-corrected chi connectivity index (χ3v) is 6.10. The third-order valence-electron chi connectivity index (χ3n) is 5.17. The van der Waals surface area contributed by atoms with Crippen molar-refractivity contribution in [3.63, 3.8) is 0 Å². The number of nitrogens with one attached hydrogen (secondary N) is 3. The number of ether oxygens (including phenoxy) is 2. The molecule has 10 heteroatoms. The number of alkyl carbamates (subject to hydrolysis) is 1. The summed E-state index contributed by atoms with van der Waals surface area (Å²) in [5, 5.41) is 10.5. The van der Waals surface area contributed by atoms with Crippen molar-refractivity contribution in [3.8, 4) is 0 Å². The molecule has 3 N–H and O–H groups in total. The zero-order chi connectivity index (χ0) is 23.3. The van der Waals surface area contributed by atoms with E-state index in [1.807, 2.05) is 38.3 Å². The van der Waals surface area contributed by atoms with Crippen molar-refractivity contribution < 1.29 is 23.9 Å². The molecule has 0 radical (unpaired) electrons. The molecule has 0 saturated carbocycles. The Balaban J connectivity index is 1.68. The Morgan fingerprint density at radius 1 is 1.28 bits per heavy atom. The number of esters is 1. The molecule has 1 atom stereocenters. The fourth-order valence-electron chi connectivity index (χ4n) is 3.79. The van der Waals surface area contributed by atoms with Crippen molar-refractivity contribution in [2.75, 3.05) is 26.2 Å². The van der Waals surface area contributed by atoms with E-state index in [1.54, 1.807) is 6.92 Å². The molecule has 176 valence electrons. The molecule has 9 nitrogen and oxygen atoms in total. The number of rotatable bonds is 6. The molecule has 2 aliphatic heterocycles. The lowest BCUT2D eigenvalue weighted by atomic mass is 9.99. The van der Waals surface area contributed by atoms with Gasteiger partial charge in [-0.2, -0.15) is 0 Å². The van der Waals surface area contributed by atoms with Crippen molar-refractivity contribution in [2.24, 2.45) is 0 Å². The van der Waals surface area contributed by atoms with Crippen LogP contribution < -0.4 is 16.0 Å². The molecule has 32 heavy (non-hydrogen) atoms. The minimum atomic E-state index is -0.538. The topological polar surface area (TPSA) is 109 Å². The van der Waals surface area contributed by atoms with Crippen LogP contribution in [0.4, 0.5) is 9.59 Å². The summed E-state index contributed by atoms with van der Waals surface area (Å²) in [6.45, 7) is 9.36. The quantitative estimate of drug-likeness (QED) is 0.559. The van der Waals surface area contributed by atoms with E-state index in [4.69, 9.17) is 9.47 Å².